The summed E-state index contributed by atoms with van der Waals surface area (Å²) in [6.45, 7) is 3.80. The molecule has 0 aliphatic carbocycles. The fourth-order valence-corrected chi connectivity index (χ4v) is 3.27. The van der Waals surface area contributed by atoms with E-state index in [2.05, 4.69) is 21.3 Å². The minimum absolute atomic E-state index is 0.0322. The van der Waals surface area contributed by atoms with Gasteiger partial charge in [0.05, 0.1) is 5.92 Å². The summed E-state index contributed by atoms with van der Waals surface area (Å²) in [4.78, 5) is 15.6. The second kappa shape index (κ2) is 5.24. The summed E-state index contributed by atoms with van der Waals surface area (Å²) >= 11 is 0. The van der Waals surface area contributed by atoms with Crippen LogP contribution < -0.4 is 16.0 Å². The molecule has 4 rings (SSSR count). The zero-order chi connectivity index (χ0) is 17.7. The van der Waals surface area contributed by atoms with Gasteiger partial charge < -0.3 is 15.5 Å². The van der Waals surface area contributed by atoms with Gasteiger partial charge in [-0.15, -0.1) is 5.10 Å². The molecule has 0 amide bonds. The van der Waals surface area contributed by atoms with Crippen LogP contribution in [0.25, 0.3) is 10.9 Å². The average molecular weight is 333 g/mol. The quantitative estimate of drug-likeness (QED) is 0.629. The van der Waals surface area contributed by atoms with E-state index in [1.807, 2.05) is 32.0 Å². The monoisotopic (exact) mass is 333 g/mol. The van der Waals surface area contributed by atoms with Crippen LogP contribution in [0.4, 0.5) is 0 Å². The molecule has 0 saturated carbocycles. The van der Waals surface area contributed by atoms with E-state index in [1.165, 1.54) is 0 Å². The highest BCUT2D eigenvalue weighted by Gasteiger charge is 2.35. The summed E-state index contributed by atoms with van der Waals surface area (Å²) in [6, 6.07) is 9.67. The lowest BCUT2D eigenvalue weighted by Crippen LogP contribution is -2.25. The van der Waals surface area contributed by atoms with Crippen molar-refractivity contribution in [3.05, 3.63) is 68.5 Å². The van der Waals surface area contributed by atoms with E-state index in [-0.39, 0.29) is 17.0 Å². The molecule has 1 aromatic carbocycles. The molecular formula is C18H15N5O2. The molecule has 4 N–H and O–H groups in total. The van der Waals surface area contributed by atoms with E-state index >= 15 is 0 Å². The number of aryl methyl sites for hydroxylation is 2. The summed E-state index contributed by atoms with van der Waals surface area (Å²) in [5.41, 5.74) is 9.47. The number of H-pyrrole nitrogens is 2. The van der Waals surface area contributed by atoms with Crippen molar-refractivity contribution in [2.45, 2.75) is 19.8 Å². The predicted molar refractivity (Wildman–Crippen MR) is 91.9 cm³/mol. The molecule has 0 fully saturated rings. The van der Waals surface area contributed by atoms with Gasteiger partial charge in [-0.2, -0.15) is 5.26 Å². The number of rotatable bonds is 1. The zero-order valence-corrected chi connectivity index (χ0v) is 13.7. The van der Waals surface area contributed by atoms with E-state index in [1.54, 1.807) is 6.07 Å². The van der Waals surface area contributed by atoms with Crippen molar-refractivity contribution in [3.63, 3.8) is 0 Å². The van der Waals surface area contributed by atoms with E-state index in [0.29, 0.717) is 17.0 Å². The molecule has 7 heteroatoms. The molecule has 0 unspecified atom stereocenters. The predicted octanol–water partition coefficient (Wildman–Crippen LogP) is 2.09. The molecule has 0 bridgehead atoms. The Hall–Kier alpha value is -3.53. The van der Waals surface area contributed by atoms with Crippen molar-refractivity contribution in [1.29, 1.82) is 5.26 Å². The Bertz CT molecular complexity index is 1150. The lowest BCUT2D eigenvalue weighted by molar-refractivity contribution is 0.378. The molecule has 3 aromatic rings. The van der Waals surface area contributed by atoms with Crippen molar-refractivity contribution in [2.75, 3.05) is 0 Å². The van der Waals surface area contributed by atoms with Crippen LogP contribution >= 0.6 is 0 Å². The van der Waals surface area contributed by atoms with E-state index in [4.69, 9.17) is 10.5 Å². The number of nitrogens with one attached hydrogen (secondary N) is 2. The van der Waals surface area contributed by atoms with Gasteiger partial charge in [0.1, 0.15) is 11.6 Å². The van der Waals surface area contributed by atoms with Gasteiger partial charge in [-0.3, -0.25) is 9.89 Å². The Kier molecular flexibility index (Phi) is 3.15. The molecule has 2 aromatic heterocycles. The van der Waals surface area contributed by atoms with Gasteiger partial charge in [-0.1, -0.05) is 11.6 Å². The maximum Gasteiger partial charge on any atom is 0.252 e. The lowest BCUT2D eigenvalue weighted by atomic mass is 9.84. The van der Waals surface area contributed by atoms with Crippen LogP contribution in [0.3, 0.4) is 0 Å². The van der Waals surface area contributed by atoms with Crippen LogP contribution in [0.2, 0.25) is 0 Å². The molecular weight excluding hydrogens is 318 g/mol. The van der Waals surface area contributed by atoms with Crippen molar-refractivity contribution in [2.24, 2.45) is 5.73 Å². The van der Waals surface area contributed by atoms with Crippen LogP contribution in [0, 0.1) is 25.2 Å². The highest BCUT2D eigenvalue weighted by molar-refractivity contribution is 5.80. The van der Waals surface area contributed by atoms with E-state index in [0.717, 1.165) is 22.2 Å². The number of aromatic nitrogens is 3. The normalized spacial score (nSPS) is 16.4. The summed E-state index contributed by atoms with van der Waals surface area (Å²) in [5.74, 6) is -0.362. The van der Waals surface area contributed by atoms with Gasteiger partial charge in [-0.05, 0) is 37.4 Å². The Morgan fingerprint density at radius 2 is 2.12 bits per heavy atom. The van der Waals surface area contributed by atoms with Crippen molar-refractivity contribution in [1.82, 2.24) is 15.2 Å². The SMILES string of the molecule is Cc1ccc2[nH]c(=O)c([C@H]3C(C#N)=C(N)Oc4n[nH]c(C)c43)cc2c1. The van der Waals surface area contributed by atoms with Crippen LogP contribution in [0.1, 0.15) is 28.3 Å². The highest BCUT2D eigenvalue weighted by atomic mass is 16.5. The fraction of sp³-hybridized carbons (Fsp3) is 0.167. The first-order valence-corrected chi connectivity index (χ1v) is 7.75. The third-order valence-electron chi connectivity index (χ3n) is 4.47. The maximum atomic E-state index is 12.7. The third-order valence-corrected chi connectivity index (χ3v) is 4.47. The molecule has 0 radical (unpaired) electrons. The summed E-state index contributed by atoms with van der Waals surface area (Å²) in [5, 5.41) is 17.4. The first-order chi connectivity index (χ1) is 12.0. The number of ether oxygens (including phenoxy) is 1. The summed E-state index contributed by atoms with van der Waals surface area (Å²) in [7, 11) is 0. The number of nitriles is 1. The van der Waals surface area contributed by atoms with Gasteiger partial charge in [0.25, 0.3) is 5.56 Å². The van der Waals surface area contributed by atoms with Gasteiger partial charge in [0.15, 0.2) is 0 Å². The standard InChI is InChI=1S/C18H15N5O2/c1-8-3-4-13-10(5-8)6-11(17(24)21-13)15-12(7-19)16(20)25-18-14(15)9(2)22-23-18/h3-6,15H,20H2,1-2H3,(H,21,24)(H,22,23)/t15-/m0/s1. The first kappa shape index (κ1) is 15.0. The van der Waals surface area contributed by atoms with E-state index in [9.17, 15) is 10.1 Å². The van der Waals surface area contributed by atoms with Gasteiger partial charge in [0.2, 0.25) is 11.8 Å². The molecule has 124 valence electrons. The number of benzene rings is 1. The number of aromatic amines is 2. The van der Waals surface area contributed by atoms with Crippen LogP contribution in [-0.4, -0.2) is 15.2 Å². The number of hydrogen-bond donors (Lipinski definition) is 3. The highest BCUT2D eigenvalue weighted by Crippen LogP contribution is 2.41. The number of fused-ring (bicyclic) bond motifs is 2. The minimum atomic E-state index is -0.624. The van der Waals surface area contributed by atoms with Gasteiger partial charge >= 0.3 is 0 Å². The average Bonchev–Trinajstić information content (AvgIpc) is 2.94. The van der Waals surface area contributed by atoms with Gasteiger partial charge in [0, 0.05) is 22.3 Å². The molecule has 0 saturated heterocycles. The first-order valence-electron chi connectivity index (χ1n) is 7.75. The van der Waals surface area contributed by atoms with E-state index < -0.39 is 5.92 Å². The Labute approximate surface area is 142 Å². The number of nitrogens with zero attached hydrogens (tertiary/aromatic N) is 2. The van der Waals surface area contributed by atoms with Crippen LogP contribution in [0.15, 0.2) is 40.5 Å². The molecule has 3 heterocycles. The smallest absolute Gasteiger partial charge is 0.252 e. The third kappa shape index (κ3) is 2.19. The van der Waals surface area contributed by atoms with Crippen molar-refractivity contribution < 1.29 is 4.74 Å². The van der Waals surface area contributed by atoms with Crippen molar-refractivity contribution in [3.8, 4) is 11.9 Å². The Morgan fingerprint density at radius 3 is 2.88 bits per heavy atom. The maximum absolute atomic E-state index is 12.7. The molecule has 1 aliphatic rings. The Morgan fingerprint density at radius 1 is 1.32 bits per heavy atom. The summed E-state index contributed by atoms with van der Waals surface area (Å²) < 4.78 is 5.43. The Balaban J connectivity index is 2.04. The number of pyridine rings is 1. The largest absolute Gasteiger partial charge is 0.420 e. The number of allylic oxidation sites excluding steroid dienone is 1. The molecule has 1 aliphatic heterocycles. The molecule has 25 heavy (non-hydrogen) atoms. The fourth-order valence-electron chi connectivity index (χ4n) is 3.27. The topological polar surface area (TPSA) is 121 Å². The minimum Gasteiger partial charge on any atom is -0.420 e. The summed E-state index contributed by atoms with van der Waals surface area (Å²) in [6.07, 6.45) is 0. The second-order valence-electron chi connectivity index (χ2n) is 6.14. The second-order valence-corrected chi connectivity index (χ2v) is 6.14. The number of hydrogen-bond acceptors (Lipinski definition) is 5. The molecule has 0 spiro atoms. The van der Waals surface area contributed by atoms with Crippen molar-refractivity contribution >= 4 is 10.9 Å². The lowest BCUT2D eigenvalue weighted by Gasteiger charge is -2.23. The molecule has 7 nitrogen and oxygen atoms in total. The van der Waals surface area contributed by atoms with Crippen LogP contribution in [0.5, 0.6) is 5.88 Å². The zero-order valence-electron chi connectivity index (χ0n) is 13.7. The van der Waals surface area contributed by atoms with Gasteiger partial charge in [-0.25, -0.2) is 0 Å². The molecule has 1 atom stereocenters. The number of nitrogens with two attached hydrogens (primary N) is 1. The van der Waals surface area contributed by atoms with Crippen LogP contribution in [-0.2, 0) is 0 Å².